The second-order valence-electron chi connectivity index (χ2n) is 5.10. The smallest absolute Gasteiger partial charge is 0.127 e. The molecule has 0 fully saturated rings. The van der Waals surface area contributed by atoms with Gasteiger partial charge in [-0.2, -0.15) is 0 Å². The van der Waals surface area contributed by atoms with Gasteiger partial charge in [0.1, 0.15) is 11.5 Å². The number of aryl methyl sites for hydroxylation is 1. The van der Waals surface area contributed by atoms with Gasteiger partial charge in [-0.1, -0.05) is 36.4 Å². The molecule has 0 aliphatic rings. The summed E-state index contributed by atoms with van der Waals surface area (Å²) in [6.45, 7) is 2.61. The van der Waals surface area contributed by atoms with Crippen molar-refractivity contribution in [1.82, 2.24) is 0 Å². The third-order valence-corrected chi connectivity index (χ3v) is 3.41. The van der Waals surface area contributed by atoms with Crippen LogP contribution in [-0.4, -0.2) is 13.7 Å². The molecule has 112 valence electrons. The van der Waals surface area contributed by atoms with Crippen LogP contribution in [0.4, 0.5) is 0 Å². The van der Waals surface area contributed by atoms with Crippen LogP contribution in [0, 0.1) is 0 Å². The minimum atomic E-state index is -0.120. The van der Waals surface area contributed by atoms with Gasteiger partial charge in [-0.05, 0) is 37.5 Å². The molecule has 21 heavy (non-hydrogen) atoms. The quantitative estimate of drug-likeness (QED) is 0.788. The zero-order chi connectivity index (χ0) is 15.1. The standard InChI is InChI=1S/C18H23NO2/c1-14(19)18-16(20-2)11-6-12-17(18)21-13-7-10-15-8-4-3-5-9-15/h3-6,8-9,11-12,14H,7,10,13,19H2,1-2H3/t14-/m1/s1. The van der Waals surface area contributed by atoms with E-state index in [9.17, 15) is 0 Å². The Morgan fingerprint density at radius 1 is 1.00 bits per heavy atom. The Bertz CT molecular complexity index is 552. The second kappa shape index (κ2) is 7.70. The summed E-state index contributed by atoms with van der Waals surface area (Å²) in [5.41, 5.74) is 8.29. The Morgan fingerprint density at radius 3 is 2.38 bits per heavy atom. The lowest BCUT2D eigenvalue weighted by atomic mass is 10.1. The Kier molecular flexibility index (Phi) is 5.64. The summed E-state index contributed by atoms with van der Waals surface area (Å²) < 4.78 is 11.3. The van der Waals surface area contributed by atoms with Gasteiger partial charge in [0, 0.05) is 6.04 Å². The predicted octanol–water partition coefficient (Wildman–Crippen LogP) is 3.73. The molecule has 0 saturated heterocycles. The van der Waals surface area contributed by atoms with E-state index in [4.69, 9.17) is 15.2 Å². The van der Waals surface area contributed by atoms with Crippen LogP contribution >= 0.6 is 0 Å². The third kappa shape index (κ3) is 4.23. The molecule has 0 radical (unpaired) electrons. The van der Waals surface area contributed by atoms with Crippen molar-refractivity contribution in [1.29, 1.82) is 0 Å². The van der Waals surface area contributed by atoms with E-state index in [1.165, 1.54) is 5.56 Å². The zero-order valence-corrected chi connectivity index (χ0v) is 12.7. The molecule has 0 spiro atoms. The minimum Gasteiger partial charge on any atom is -0.496 e. The molecule has 2 rings (SSSR count). The van der Waals surface area contributed by atoms with Crippen LogP contribution in [-0.2, 0) is 6.42 Å². The van der Waals surface area contributed by atoms with Crippen LogP contribution in [0.25, 0.3) is 0 Å². The van der Waals surface area contributed by atoms with E-state index in [0.717, 1.165) is 29.9 Å². The van der Waals surface area contributed by atoms with Gasteiger partial charge in [0.05, 0.1) is 19.3 Å². The number of nitrogens with two attached hydrogens (primary N) is 1. The van der Waals surface area contributed by atoms with Gasteiger partial charge < -0.3 is 15.2 Å². The van der Waals surface area contributed by atoms with E-state index in [1.54, 1.807) is 7.11 Å². The highest BCUT2D eigenvalue weighted by atomic mass is 16.5. The van der Waals surface area contributed by atoms with Gasteiger partial charge in [0.25, 0.3) is 0 Å². The average molecular weight is 285 g/mol. The van der Waals surface area contributed by atoms with Crippen LogP contribution in [0.3, 0.4) is 0 Å². The molecule has 0 aliphatic carbocycles. The monoisotopic (exact) mass is 285 g/mol. The summed E-state index contributed by atoms with van der Waals surface area (Å²) in [5.74, 6) is 1.60. The Morgan fingerprint density at radius 2 is 1.71 bits per heavy atom. The molecule has 0 unspecified atom stereocenters. The van der Waals surface area contributed by atoms with Crippen molar-refractivity contribution in [2.45, 2.75) is 25.8 Å². The van der Waals surface area contributed by atoms with Gasteiger partial charge in [-0.15, -0.1) is 0 Å². The molecule has 2 N–H and O–H groups in total. The van der Waals surface area contributed by atoms with Gasteiger partial charge in [-0.25, -0.2) is 0 Å². The molecule has 2 aromatic carbocycles. The van der Waals surface area contributed by atoms with E-state index in [2.05, 4.69) is 24.3 Å². The molecule has 0 saturated carbocycles. The lowest BCUT2D eigenvalue weighted by Crippen LogP contribution is -2.10. The number of hydrogen-bond donors (Lipinski definition) is 1. The molecular weight excluding hydrogens is 262 g/mol. The lowest BCUT2D eigenvalue weighted by molar-refractivity contribution is 0.302. The fraction of sp³-hybridized carbons (Fsp3) is 0.333. The van der Waals surface area contributed by atoms with Crippen LogP contribution in [0.1, 0.15) is 30.5 Å². The first kappa shape index (κ1) is 15.4. The summed E-state index contributed by atoms with van der Waals surface area (Å²) in [6.07, 6.45) is 1.98. The fourth-order valence-corrected chi connectivity index (χ4v) is 2.38. The van der Waals surface area contributed by atoms with E-state index in [0.29, 0.717) is 6.61 Å². The normalized spacial score (nSPS) is 12.0. The molecule has 2 aromatic rings. The van der Waals surface area contributed by atoms with Crippen molar-refractivity contribution < 1.29 is 9.47 Å². The number of benzene rings is 2. The number of ether oxygens (including phenoxy) is 2. The minimum absolute atomic E-state index is 0.120. The van der Waals surface area contributed by atoms with Crippen molar-refractivity contribution in [3.63, 3.8) is 0 Å². The summed E-state index contributed by atoms with van der Waals surface area (Å²) in [4.78, 5) is 0. The van der Waals surface area contributed by atoms with Gasteiger partial charge in [-0.3, -0.25) is 0 Å². The SMILES string of the molecule is COc1cccc(OCCCc2ccccc2)c1[C@@H](C)N. The Labute approximate surface area is 126 Å². The highest BCUT2D eigenvalue weighted by molar-refractivity contribution is 5.46. The summed E-state index contributed by atoms with van der Waals surface area (Å²) in [7, 11) is 1.65. The van der Waals surface area contributed by atoms with Crippen molar-refractivity contribution >= 4 is 0 Å². The number of hydrogen-bond acceptors (Lipinski definition) is 3. The van der Waals surface area contributed by atoms with E-state index < -0.39 is 0 Å². The molecular formula is C18H23NO2. The molecule has 1 atom stereocenters. The highest BCUT2D eigenvalue weighted by Gasteiger charge is 2.13. The molecule has 0 bridgehead atoms. The van der Waals surface area contributed by atoms with Crippen molar-refractivity contribution in [3.05, 3.63) is 59.7 Å². The van der Waals surface area contributed by atoms with Gasteiger partial charge >= 0.3 is 0 Å². The Balaban J connectivity index is 1.94. The summed E-state index contributed by atoms with van der Waals surface area (Å²) in [5, 5.41) is 0. The number of rotatable bonds is 7. The molecule has 3 nitrogen and oxygen atoms in total. The zero-order valence-electron chi connectivity index (χ0n) is 12.7. The third-order valence-electron chi connectivity index (χ3n) is 3.41. The molecule has 3 heteroatoms. The first-order chi connectivity index (χ1) is 10.2. The van der Waals surface area contributed by atoms with Crippen molar-refractivity contribution in [2.24, 2.45) is 5.73 Å². The molecule has 0 heterocycles. The number of methoxy groups -OCH3 is 1. The van der Waals surface area contributed by atoms with E-state index >= 15 is 0 Å². The van der Waals surface area contributed by atoms with Crippen molar-refractivity contribution in [3.8, 4) is 11.5 Å². The average Bonchev–Trinajstić information content (AvgIpc) is 2.52. The topological polar surface area (TPSA) is 44.5 Å². The predicted molar refractivity (Wildman–Crippen MR) is 85.9 cm³/mol. The Hall–Kier alpha value is -2.00. The van der Waals surface area contributed by atoms with E-state index in [-0.39, 0.29) is 6.04 Å². The maximum atomic E-state index is 6.03. The molecule has 0 amide bonds. The highest BCUT2D eigenvalue weighted by Crippen LogP contribution is 2.32. The lowest BCUT2D eigenvalue weighted by Gasteiger charge is -2.17. The second-order valence-corrected chi connectivity index (χ2v) is 5.10. The van der Waals surface area contributed by atoms with Crippen LogP contribution in [0.2, 0.25) is 0 Å². The van der Waals surface area contributed by atoms with Crippen LogP contribution < -0.4 is 15.2 Å². The summed E-state index contributed by atoms with van der Waals surface area (Å²) in [6, 6.07) is 16.1. The molecule has 0 aromatic heterocycles. The van der Waals surface area contributed by atoms with Gasteiger partial charge in [0.15, 0.2) is 0 Å². The first-order valence-electron chi connectivity index (χ1n) is 7.31. The van der Waals surface area contributed by atoms with Crippen LogP contribution in [0.5, 0.6) is 11.5 Å². The first-order valence-corrected chi connectivity index (χ1v) is 7.31. The van der Waals surface area contributed by atoms with E-state index in [1.807, 2.05) is 31.2 Å². The maximum Gasteiger partial charge on any atom is 0.127 e. The van der Waals surface area contributed by atoms with Crippen LogP contribution in [0.15, 0.2) is 48.5 Å². The maximum absolute atomic E-state index is 6.03. The van der Waals surface area contributed by atoms with Gasteiger partial charge in [0.2, 0.25) is 0 Å². The van der Waals surface area contributed by atoms with Crippen molar-refractivity contribution in [2.75, 3.05) is 13.7 Å². The summed E-state index contributed by atoms with van der Waals surface area (Å²) >= 11 is 0. The fourth-order valence-electron chi connectivity index (χ4n) is 2.38. The molecule has 0 aliphatic heterocycles. The largest absolute Gasteiger partial charge is 0.496 e.